The Labute approximate surface area is 204 Å². The zero-order valence-electron chi connectivity index (χ0n) is 18.4. The fraction of sp³-hybridized carbons (Fsp3) is 0.346. The highest BCUT2D eigenvalue weighted by molar-refractivity contribution is 7.80. The number of halogens is 1. The molecule has 1 saturated carbocycles. The second-order valence-corrected chi connectivity index (χ2v) is 9.73. The van der Waals surface area contributed by atoms with Crippen LogP contribution in [0, 0.1) is 0 Å². The molecule has 170 valence electrons. The predicted octanol–water partition coefficient (Wildman–Crippen LogP) is 4.86. The molecule has 2 fully saturated rings. The molecule has 2 amide bonds. The van der Waals surface area contributed by atoms with E-state index in [2.05, 4.69) is 28.4 Å². The van der Waals surface area contributed by atoms with E-state index in [0.29, 0.717) is 0 Å². The van der Waals surface area contributed by atoms with Crippen molar-refractivity contribution in [1.29, 1.82) is 0 Å². The molecule has 0 spiro atoms. The summed E-state index contributed by atoms with van der Waals surface area (Å²) in [6.45, 7) is 1.66. The summed E-state index contributed by atoms with van der Waals surface area (Å²) >= 11 is 11.7. The van der Waals surface area contributed by atoms with E-state index in [1.54, 1.807) is 11.0 Å². The summed E-state index contributed by atoms with van der Waals surface area (Å²) in [5.41, 5.74) is 4.48. The van der Waals surface area contributed by atoms with E-state index in [0.717, 1.165) is 61.3 Å². The molecule has 1 N–H and O–H groups in total. The molecule has 2 aliphatic heterocycles. The van der Waals surface area contributed by atoms with Gasteiger partial charge in [-0.15, -0.1) is 0 Å². The van der Waals surface area contributed by atoms with Crippen LogP contribution >= 0.6 is 23.8 Å². The number of carbonyl (C=O) groups is 2. The number of nitrogens with zero attached hydrogens (tertiary/aromatic N) is 2. The van der Waals surface area contributed by atoms with Crippen molar-refractivity contribution in [1.82, 2.24) is 10.2 Å². The van der Waals surface area contributed by atoms with Gasteiger partial charge in [-0.2, -0.15) is 0 Å². The summed E-state index contributed by atoms with van der Waals surface area (Å²) in [4.78, 5) is 29.8. The Morgan fingerprint density at radius 3 is 2.67 bits per heavy atom. The minimum absolute atomic E-state index is 0.0705. The summed E-state index contributed by atoms with van der Waals surface area (Å²) in [7, 11) is 0. The number of amides is 2. The van der Waals surface area contributed by atoms with Gasteiger partial charge in [-0.25, -0.2) is 0 Å². The minimum atomic E-state index is -0.419. The van der Waals surface area contributed by atoms with Crippen molar-refractivity contribution >= 4 is 52.5 Å². The largest absolute Gasteiger partial charge is 0.367 e. The highest BCUT2D eigenvalue weighted by Crippen LogP contribution is 2.32. The maximum atomic E-state index is 13.3. The number of anilines is 1. The standard InChI is InChI=1S/C26H26ClN3O2S/c27-22-9-5-4-6-19(22)16-29-13-12-18-14-17(10-11-23(18)29)15-21-24(31)28-26(33)30(25(21)32)20-7-2-1-3-8-20/h4-6,9-11,14-15,20H,1-3,7-8,12-13,16H2,(H,28,31,33)/b21-15+. The van der Waals surface area contributed by atoms with E-state index in [-0.39, 0.29) is 22.6 Å². The predicted molar refractivity (Wildman–Crippen MR) is 135 cm³/mol. The summed E-state index contributed by atoms with van der Waals surface area (Å²) in [5, 5.41) is 3.74. The SMILES string of the molecule is O=C1NC(=S)N(C2CCCCC2)C(=O)/C1=C/c1ccc2c(c1)CCN2Cc1ccccc1Cl. The van der Waals surface area contributed by atoms with Crippen LogP contribution in [0.3, 0.4) is 0 Å². The van der Waals surface area contributed by atoms with E-state index in [1.807, 2.05) is 24.3 Å². The van der Waals surface area contributed by atoms with Gasteiger partial charge in [0.2, 0.25) is 0 Å². The fourth-order valence-corrected chi connectivity index (χ4v) is 5.61. The number of fused-ring (bicyclic) bond motifs is 1. The summed E-state index contributed by atoms with van der Waals surface area (Å²) in [6, 6.07) is 14.1. The van der Waals surface area contributed by atoms with Gasteiger partial charge in [0.05, 0.1) is 0 Å². The van der Waals surface area contributed by atoms with E-state index < -0.39 is 5.91 Å². The lowest BCUT2D eigenvalue weighted by molar-refractivity contribution is -0.130. The monoisotopic (exact) mass is 479 g/mol. The highest BCUT2D eigenvalue weighted by atomic mass is 35.5. The summed E-state index contributed by atoms with van der Waals surface area (Å²) in [5.74, 6) is -0.700. The average Bonchev–Trinajstić information content (AvgIpc) is 3.21. The first kappa shape index (κ1) is 22.1. The van der Waals surface area contributed by atoms with Crippen LogP contribution in [-0.2, 0) is 22.6 Å². The van der Waals surface area contributed by atoms with Crippen LogP contribution < -0.4 is 10.2 Å². The lowest BCUT2D eigenvalue weighted by atomic mass is 9.93. The van der Waals surface area contributed by atoms with E-state index in [1.165, 1.54) is 17.7 Å². The lowest BCUT2D eigenvalue weighted by Gasteiger charge is -2.37. The van der Waals surface area contributed by atoms with E-state index in [4.69, 9.17) is 23.8 Å². The molecule has 0 unspecified atom stereocenters. The molecule has 2 aromatic rings. The van der Waals surface area contributed by atoms with Crippen LogP contribution in [0.4, 0.5) is 5.69 Å². The lowest BCUT2D eigenvalue weighted by Crippen LogP contribution is -2.57. The molecule has 1 saturated heterocycles. The Kier molecular flexibility index (Phi) is 6.21. The van der Waals surface area contributed by atoms with Crippen LogP contribution in [-0.4, -0.2) is 34.4 Å². The Morgan fingerprint density at radius 2 is 1.88 bits per heavy atom. The number of thiocarbonyl (C=S) groups is 1. The Hall–Kier alpha value is -2.70. The second-order valence-electron chi connectivity index (χ2n) is 8.94. The molecular formula is C26H26ClN3O2S. The van der Waals surface area contributed by atoms with Crippen molar-refractivity contribution in [3.8, 4) is 0 Å². The van der Waals surface area contributed by atoms with Gasteiger partial charge in [0.25, 0.3) is 11.8 Å². The van der Waals surface area contributed by atoms with E-state index >= 15 is 0 Å². The molecular weight excluding hydrogens is 454 g/mol. The topological polar surface area (TPSA) is 52.7 Å². The Morgan fingerprint density at radius 1 is 1.09 bits per heavy atom. The number of hydrogen-bond donors (Lipinski definition) is 1. The van der Waals surface area contributed by atoms with Gasteiger partial charge in [-0.3, -0.25) is 19.8 Å². The number of nitrogens with one attached hydrogen (secondary N) is 1. The number of carbonyl (C=O) groups excluding carboxylic acids is 2. The summed E-state index contributed by atoms with van der Waals surface area (Å²) in [6.07, 6.45) is 7.81. The quantitative estimate of drug-likeness (QED) is 0.386. The van der Waals surface area contributed by atoms with Crippen molar-refractivity contribution in [3.05, 3.63) is 69.8 Å². The van der Waals surface area contributed by atoms with Crippen molar-refractivity contribution in [2.24, 2.45) is 0 Å². The van der Waals surface area contributed by atoms with Gasteiger partial charge in [0, 0.05) is 29.8 Å². The third kappa shape index (κ3) is 4.42. The van der Waals surface area contributed by atoms with Gasteiger partial charge in [-0.05, 0) is 72.4 Å². The van der Waals surface area contributed by atoms with Crippen molar-refractivity contribution < 1.29 is 9.59 Å². The molecule has 5 nitrogen and oxygen atoms in total. The number of hydrogen-bond acceptors (Lipinski definition) is 4. The molecule has 7 heteroatoms. The summed E-state index contributed by atoms with van der Waals surface area (Å²) < 4.78 is 0. The van der Waals surface area contributed by atoms with Gasteiger partial charge in [-0.1, -0.05) is 55.1 Å². The van der Waals surface area contributed by atoms with Crippen LogP contribution in [0.1, 0.15) is 48.8 Å². The molecule has 2 heterocycles. The minimum Gasteiger partial charge on any atom is -0.367 e. The number of benzene rings is 2. The maximum absolute atomic E-state index is 13.3. The third-order valence-corrected chi connectivity index (χ3v) is 7.47. The first-order chi connectivity index (χ1) is 16.0. The van der Waals surface area contributed by atoms with Gasteiger partial charge < -0.3 is 4.90 Å². The van der Waals surface area contributed by atoms with Crippen LogP contribution in [0.25, 0.3) is 6.08 Å². The normalized spacial score (nSPS) is 20.4. The van der Waals surface area contributed by atoms with Crippen molar-refractivity contribution in [2.45, 2.75) is 51.1 Å². The molecule has 0 atom stereocenters. The van der Waals surface area contributed by atoms with Gasteiger partial charge in [0.1, 0.15) is 5.57 Å². The smallest absolute Gasteiger partial charge is 0.265 e. The first-order valence-corrected chi connectivity index (χ1v) is 12.3. The van der Waals surface area contributed by atoms with Gasteiger partial charge in [0.15, 0.2) is 5.11 Å². The van der Waals surface area contributed by atoms with Crippen LogP contribution in [0.15, 0.2) is 48.0 Å². The Bertz CT molecular complexity index is 1160. The first-order valence-electron chi connectivity index (χ1n) is 11.5. The zero-order chi connectivity index (χ0) is 22.9. The molecule has 1 aliphatic carbocycles. The van der Waals surface area contributed by atoms with Crippen molar-refractivity contribution in [3.63, 3.8) is 0 Å². The zero-order valence-corrected chi connectivity index (χ0v) is 19.9. The molecule has 0 aromatic heterocycles. The number of rotatable bonds is 4. The average molecular weight is 480 g/mol. The third-order valence-electron chi connectivity index (χ3n) is 6.80. The van der Waals surface area contributed by atoms with Crippen LogP contribution in [0.2, 0.25) is 5.02 Å². The fourth-order valence-electron chi connectivity index (χ4n) is 5.08. The molecule has 2 aromatic carbocycles. The Balaban J connectivity index is 1.38. The molecule has 0 bridgehead atoms. The molecule has 33 heavy (non-hydrogen) atoms. The highest BCUT2D eigenvalue weighted by Gasteiger charge is 2.38. The molecule has 5 rings (SSSR count). The van der Waals surface area contributed by atoms with Gasteiger partial charge >= 0.3 is 0 Å². The van der Waals surface area contributed by atoms with Crippen LogP contribution in [0.5, 0.6) is 0 Å². The van der Waals surface area contributed by atoms with E-state index in [9.17, 15) is 9.59 Å². The molecule has 0 radical (unpaired) electrons. The maximum Gasteiger partial charge on any atom is 0.265 e. The van der Waals surface area contributed by atoms with Crippen molar-refractivity contribution in [2.75, 3.05) is 11.4 Å². The molecule has 3 aliphatic rings. The second kappa shape index (κ2) is 9.27.